The molecule has 33 heavy (non-hydrogen) atoms. The highest BCUT2D eigenvalue weighted by atomic mass is 16.7. The Kier molecular flexibility index (Phi) is 5.44. The number of Topliss-reactive ketones (excluding diaryl/α,β-unsaturated/α-hetero) is 1. The second kappa shape index (κ2) is 8.70. The Morgan fingerprint density at radius 1 is 0.758 bits per heavy atom. The van der Waals surface area contributed by atoms with Crippen molar-refractivity contribution in [1.29, 1.82) is 0 Å². The standard InChI is InChI=1S/C26H20O7/c1-29-26(28)24(17-7-9-20-22(12-17)32-14-30-20)19(11-16-5-3-2-4-6-16)25(27)18-8-10-21-23(13-18)33-15-31-21/h2-10,12-13H,11,14-15H2,1H3/b24-19-. The van der Waals surface area contributed by atoms with E-state index in [0.29, 0.717) is 39.7 Å². The van der Waals surface area contributed by atoms with E-state index in [1.54, 1.807) is 36.4 Å². The van der Waals surface area contributed by atoms with Gasteiger partial charge in [0.1, 0.15) is 0 Å². The number of benzene rings is 3. The minimum atomic E-state index is -0.617. The van der Waals surface area contributed by atoms with E-state index in [1.807, 2.05) is 30.3 Å². The van der Waals surface area contributed by atoms with Crippen LogP contribution in [0.1, 0.15) is 21.5 Å². The smallest absolute Gasteiger partial charge is 0.338 e. The molecule has 2 aliphatic rings. The van der Waals surface area contributed by atoms with E-state index in [9.17, 15) is 9.59 Å². The highest BCUT2D eigenvalue weighted by Crippen LogP contribution is 2.37. The summed E-state index contributed by atoms with van der Waals surface area (Å²) in [6.07, 6.45) is 0.229. The predicted octanol–water partition coefficient (Wildman–Crippen LogP) is 4.20. The third-order valence-corrected chi connectivity index (χ3v) is 5.49. The lowest BCUT2D eigenvalue weighted by molar-refractivity contribution is -0.133. The zero-order valence-corrected chi connectivity index (χ0v) is 17.8. The number of allylic oxidation sites excluding steroid dienone is 1. The van der Waals surface area contributed by atoms with Crippen LogP contribution in [0.4, 0.5) is 0 Å². The maximum absolute atomic E-state index is 13.8. The average molecular weight is 444 g/mol. The molecule has 0 N–H and O–H groups in total. The lowest BCUT2D eigenvalue weighted by Gasteiger charge is -2.15. The lowest BCUT2D eigenvalue weighted by atomic mass is 9.89. The Morgan fingerprint density at radius 3 is 1.97 bits per heavy atom. The van der Waals surface area contributed by atoms with Crippen molar-refractivity contribution in [3.8, 4) is 23.0 Å². The molecule has 0 atom stereocenters. The van der Waals surface area contributed by atoms with Crippen LogP contribution in [0.3, 0.4) is 0 Å². The Balaban J connectivity index is 1.67. The largest absolute Gasteiger partial charge is 0.465 e. The summed E-state index contributed by atoms with van der Waals surface area (Å²) in [6.45, 7) is 0.202. The van der Waals surface area contributed by atoms with Crippen LogP contribution in [0.25, 0.3) is 5.57 Å². The first-order valence-corrected chi connectivity index (χ1v) is 10.3. The van der Waals surface area contributed by atoms with Gasteiger partial charge in [-0.05, 0) is 41.5 Å². The van der Waals surface area contributed by atoms with Crippen molar-refractivity contribution in [2.45, 2.75) is 6.42 Å². The lowest BCUT2D eigenvalue weighted by Crippen LogP contribution is -2.15. The predicted molar refractivity (Wildman–Crippen MR) is 119 cm³/mol. The molecule has 0 unspecified atom stereocenters. The first-order chi connectivity index (χ1) is 16.1. The normalized spacial score (nSPS) is 14.0. The minimum absolute atomic E-state index is 0.100. The van der Waals surface area contributed by atoms with E-state index in [0.717, 1.165) is 5.56 Å². The van der Waals surface area contributed by atoms with E-state index in [4.69, 9.17) is 23.7 Å². The number of methoxy groups -OCH3 is 1. The summed E-state index contributed by atoms with van der Waals surface area (Å²) in [5.41, 5.74) is 2.23. The van der Waals surface area contributed by atoms with Gasteiger partial charge in [-0.15, -0.1) is 0 Å². The van der Waals surface area contributed by atoms with E-state index in [2.05, 4.69) is 0 Å². The highest BCUT2D eigenvalue weighted by Gasteiger charge is 2.27. The summed E-state index contributed by atoms with van der Waals surface area (Å²) in [4.78, 5) is 26.8. The molecule has 0 saturated heterocycles. The third kappa shape index (κ3) is 4.01. The molecular formula is C26H20O7. The molecular weight excluding hydrogens is 424 g/mol. The number of carbonyl (C=O) groups excluding carboxylic acids is 2. The van der Waals surface area contributed by atoms with Gasteiger partial charge in [0.05, 0.1) is 12.7 Å². The molecule has 2 aliphatic heterocycles. The van der Waals surface area contributed by atoms with Crippen LogP contribution in [-0.2, 0) is 16.0 Å². The number of fused-ring (bicyclic) bond motifs is 2. The molecule has 0 fully saturated rings. The van der Waals surface area contributed by atoms with Crippen molar-refractivity contribution >= 4 is 17.3 Å². The van der Waals surface area contributed by atoms with Gasteiger partial charge in [0.2, 0.25) is 13.6 Å². The van der Waals surface area contributed by atoms with Gasteiger partial charge in [-0.1, -0.05) is 36.4 Å². The number of rotatable bonds is 6. The van der Waals surface area contributed by atoms with Crippen LogP contribution in [0.2, 0.25) is 0 Å². The van der Waals surface area contributed by atoms with Crippen molar-refractivity contribution in [1.82, 2.24) is 0 Å². The average Bonchev–Trinajstić information content (AvgIpc) is 3.52. The fourth-order valence-electron chi connectivity index (χ4n) is 3.86. The van der Waals surface area contributed by atoms with Crippen LogP contribution in [0, 0.1) is 0 Å². The van der Waals surface area contributed by atoms with Crippen molar-refractivity contribution in [3.63, 3.8) is 0 Å². The highest BCUT2D eigenvalue weighted by molar-refractivity contribution is 6.27. The summed E-state index contributed by atoms with van der Waals surface area (Å²) in [5, 5.41) is 0. The third-order valence-electron chi connectivity index (χ3n) is 5.49. The Hall–Kier alpha value is -4.26. The summed E-state index contributed by atoms with van der Waals surface area (Å²) >= 11 is 0. The summed E-state index contributed by atoms with van der Waals surface area (Å²) in [7, 11) is 1.29. The summed E-state index contributed by atoms with van der Waals surface area (Å²) in [5.74, 6) is 1.22. The fourth-order valence-corrected chi connectivity index (χ4v) is 3.86. The molecule has 7 nitrogen and oxygen atoms in total. The van der Waals surface area contributed by atoms with Gasteiger partial charge >= 0.3 is 5.97 Å². The van der Waals surface area contributed by atoms with Crippen LogP contribution in [0.5, 0.6) is 23.0 Å². The number of ether oxygens (including phenoxy) is 5. The van der Waals surface area contributed by atoms with Gasteiger partial charge in [0, 0.05) is 17.6 Å². The van der Waals surface area contributed by atoms with Crippen molar-refractivity contribution in [3.05, 3.63) is 89.0 Å². The van der Waals surface area contributed by atoms with Crippen LogP contribution < -0.4 is 18.9 Å². The van der Waals surface area contributed by atoms with E-state index in [1.165, 1.54) is 7.11 Å². The number of hydrogen-bond donors (Lipinski definition) is 0. The number of hydrogen-bond acceptors (Lipinski definition) is 7. The molecule has 0 saturated carbocycles. The maximum atomic E-state index is 13.8. The molecule has 5 rings (SSSR count). The minimum Gasteiger partial charge on any atom is -0.465 e. The van der Waals surface area contributed by atoms with E-state index in [-0.39, 0.29) is 31.4 Å². The van der Waals surface area contributed by atoms with Gasteiger partial charge < -0.3 is 23.7 Å². The molecule has 0 radical (unpaired) electrons. The van der Waals surface area contributed by atoms with Gasteiger partial charge in [-0.2, -0.15) is 0 Å². The molecule has 0 amide bonds. The molecule has 0 bridgehead atoms. The van der Waals surface area contributed by atoms with Crippen molar-refractivity contribution in [2.24, 2.45) is 0 Å². The second-order valence-corrected chi connectivity index (χ2v) is 7.47. The van der Waals surface area contributed by atoms with Crippen LogP contribution in [0.15, 0.2) is 72.3 Å². The summed E-state index contributed by atoms with van der Waals surface area (Å²) in [6, 6.07) is 19.6. The molecule has 3 aromatic carbocycles. The zero-order chi connectivity index (χ0) is 22.8. The zero-order valence-electron chi connectivity index (χ0n) is 17.8. The number of esters is 1. The molecule has 2 heterocycles. The molecule has 166 valence electrons. The fraction of sp³-hybridized carbons (Fsp3) is 0.154. The molecule has 0 aromatic heterocycles. The Morgan fingerprint density at radius 2 is 1.33 bits per heavy atom. The number of carbonyl (C=O) groups is 2. The van der Waals surface area contributed by atoms with E-state index < -0.39 is 5.97 Å². The molecule has 0 aliphatic carbocycles. The molecule has 7 heteroatoms. The van der Waals surface area contributed by atoms with Crippen molar-refractivity contribution < 1.29 is 33.3 Å². The maximum Gasteiger partial charge on any atom is 0.338 e. The van der Waals surface area contributed by atoms with Gasteiger partial charge in [-0.3, -0.25) is 4.79 Å². The molecule has 0 spiro atoms. The Bertz CT molecular complexity index is 1260. The molecule has 3 aromatic rings. The first-order valence-electron chi connectivity index (χ1n) is 10.3. The van der Waals surface area contributed by atoms with E-state index >= 15 is 0 Å². The monoisotopic (exact) mass is 444 g/mol. The number of ketones is 1. The SMILES string of the molecule is COC(=O)/C(=C(/Cc1ccccc1)C(=O)c1ccc2c(c1)OCO2)c1ccc2c(c1)OCO2. The first kappa shape index (κ1) is 20.6. The van der Waals surface area contributed by atoms with Crippen LogP contribution >= 0.6 is 0 Å². The van der Waals surface area contributed by atoms with Gasteiger partial charge in [0.15, 0.2) is 28.8 Å². The van der Waals surface area contributed by atoms with Gasteiger partial charge in [0.25, 0.3) is 0 Å². The Labute approximate surface area is 190 Å². The second-order valence-electron chi connectivity index (χ2n) is 7.47. The quantitative estimate of drug-likeness (QED) is 0.320. The summed E-state index contributed by atoms with van der Waals surface area (Å²) < 4.78 is 26.8. The van der Waals surface area contributed by atoms with Crippen molar-refractivity contribution in [2.75, 3.05) is 20.7 Å². The van der Waals surface area contributed by atoms with Gasteiger partial charge in [-0.25, -0.2) is 4.79 Å². The topological polar surface area (TPSA) is 80.3 Å². The van der Waals surface area contributed by atoms with Crippen LogP contribution in [-0.4, -0.2) is 32.4 Å².